The summed E-state index contributed by atoms with van der Waals surface area (Å²) in [6.07, 6.45) is 0.119. The third-order valence-corrected chi connectivity index (χ3v) is 3.14. The van der Waals surface area contributed by atoms with Crippen LogP contribution in [-0.4, -0.2) is 25.3 Å². The monoisotopic (exact) mass is 235 g/mol. The van der Waals surface area contributed by atoms with E-state index >= 15 is 0 Å². The highest BCUT2D eigenvalue weighted by molar-refractivity contribution is 5.29. The van der Waals surface area contributed by atoms with Crippen molar-refractivity contribution in [2.24, 2.45) is 0 Å². The van der Waals surface area contributed by atoms with Crippen LogP contribution in [0.4, 0.5) is 0 Å². The van der Waals surface area contributed by atoms with Gasteiger partial charge in [0.2, 0.25) is 0 Å². The Hall–Kier alpha value is -1.06. The molecule has 0 aromatic heterocycles. The minimum Gasteiger partial charge on any atom is -0.497 e. The summed E-state index contributed by atoms with van der Waals surface area (Å²) in [4.78, 5) is 0. The molecule has 2 atom stereocenters. The molecule has 1 aromatic rings. The molecule has 1 heterocycles. The third-order valence-electron chi connectivity index (χ3n) is 3.14. The van der Waals surface area contributed by atoms with Crippen LogP contribution in [0.1, 0.15) is 32.4 Å². The van der Waals surface area contributed by atoms with Gasteiger partial charge in [-0.1, -0.05) is 12.1 Å². The molecule has 0 aliphatic carbocycles. The van der Waals surface area contributed by atoms with Crippen molar-refractivity contribution in [3.8, 4) is 5.75 Å². The van der Waals surface area contributed by atoms with Crippen LogP contribution in [0.25, 0.3) is 0 Å². The van der Waals surface area contributed by atoms with Crippen LogP contribution in [0.2, 0.25) is 0 Å². The lowest BCUT2D eigenvalue weighted by Gasteiger charge is -2.41. The predicted molar refractivity (Wildman–Crippen MR) is 68.4 cm³/mol. The van der Waals surface area contributed by atoms with Gasteiger partial charge in [-0.2, -0.15) is 0 Å². The molecule has 94 valence electrons. The molecule has 17 heavy (non-hydrogen) atoms. The molecular formula is C14H21NO2. The van der Waals surface area contributed by atoms with E-state index in [1.54, 1.807) is 7.11 Å². The van der Waals surface area contributed by atoms with Gasteiger partial charge < -0.3 is 14.8 Å². The van der Waals surface area contributed by atoms with E-state index in [-0.39, 0.29) is 11.6 Å². The van der Waals surface area contributed by atoms with Crippen LogP contribution in [0.15, 0.2) is 24.3 Å². The molecule has 2 unspecified atom stereocenters. The van der Waals surface area contributed by atoms with Gasteiger partial charge in [-0.15, -0.1) is 0 Å². The number of nitrogens with one attached hydrogen (secondary N) is 1. The zero-order chi connectivity index (χ0) is 12.5. The predicted octanol–water partition coefficient (Wildman–Crippen LogP) is 2.52. The summed E-state index contributed by atoms with van der Waals surface area (Å²) < 4.78 is 11.1. The van der Waals surface area contributed by atoms with E-state index in [2.05, 4.69) is 38.2 Å². The highest BCUT2D eigenvalue weighted by atomic mass is 16.5. The van der Waals surface area contributed by atoms with E-state index in [9.17, 15) is 0 Å². The van der Waals surface area contributed by atoms with E-state index in [0.717, 1.165) is 12.4 Å². The highest BCUT2D eigenvalue weighted by Crippen LogP contribution is 2.29. The number of rotatable bonds is 2. The summed E-state index contributed by atoms with van der Waals surface area (Å²) in [7, 11) is 1.68. The van der Waals surface area contributed by atoms with Gasteiger partial charge in [-0.3, -0.25) is 0 Å². The molecule has 1 N–H and O–H groups in total. The maximum Gasteiger partial charge on any atom is 0.118 e. The lowest BCUT2D eigenvalue weighted by Crippen LogP contribution is -2.55. The fraction of sp³-hybridized carbons (Fsp3) is 0.571. The molecule has 1 saturated heterocycles. The number of ether oxygens (including phenoxy) is 2. The highest BCUT2D eigenvalue weighted by Gasteiger charge is 2.33. The topological polar surface area (TPSA) is 30.5 Å². The van der Waals surface area contributed by atoms with Gasteiger partial charge >= 0.3 is 0 Å². The largest absolute Gasteiger partial charge is 0.497 e. The van der Waals surface area contributed by atoms with E-state index in [4.69, 9.17) is 9.47 Å². The van der Waals surface area contributed by atoms with Crippen LogP contribution < -0.4 is 10.1 Å². The van der Waals surface area contributed by atoms with Crippen molar-refractivity contribution in [2.45, 2.75) is 38.5 Å². The summed E-state index contributed by atoms with van der Waals surface area (Å²) in [6.45, 7) is 7.21. The summed E-state index contributed by atoms with van der Waals surface area (Å²) in [6, 6.07) is 8.41. The summed E-state index contributed by atoms with van der Waals surface area (Å²) >= 11 is 0. The quantitative estimate of drug-likeness (QED) is 0.854. The molecule has 0 saturated carbocycles. The van der Waals surface area contributed by atoms with Gasteiger partial charge in [-0.25, -0.2) is 0 Å². The average molecular weight is 235 g/mol. The fourth-order valence-electron chi connectivity index (χ4n) is 2.35. The number of hydrogen-bond donors (Lipinski definition) is 1. The number of morpholine rings is 1. The molecule has 1 aromatic carbocycles. The molecule has 0 radical (unpaired) electrons. The molecule has 1 fully saturated rings. The van der Waals surface area contributed by atoms with Crippen molar-refractivity contribution in [3.05, 3.63) is 29.8 Å². The second-order valence-electron chi connectivity index (χ2n) is 5.32. The smallest absolute Gasteiger partial charge is 0.118 e. The Balaban J connectivity index is 2.12. The number of methoxy groups -OCH3 is 1. The van der Waals surface area contributed by atoms with E-state index in [1.165, 1.54) is 5.56 Å². The van der Waals surface area contributed by atoms with Gasteiger partial charge in [0.15, 0.2) is 0 Å². The number of hydrogen-bond acceptors (Lipinski definition) is 3. The standard InChI is InChI=1S/C14H21NO2/c1-10-13(17-9-14(2,3)15-10)11-5-7-12(16-4)8-6-11/h5-8,10,13,15H,9H2,1-4H3. The summed E-state index contributed by atoms with van der Waals surface area (Å²) in [5, 5.41) is 3.58. The fourth-order valence-corrected chi connectivity index (χ4v) is 2.35. The first-order chi connectivity index (χ1) is 8.02. The van der Waals surface area contributed by atoms with Crippen LogP contribution in [0.3, 0.4) is 0 Å². The molecular weight excluding hydrogens is 214 g/mol. The molecule has 1 aliphatic rings. The molecule has 3 nitrogen and oxygen atoms in total. The second-order valence-corrected chi connectivity index (χ2v) is 5.32. The van der Waals surface area contributed by atoms with Crippen LogP contribution >= 0.6 is 0 Å². The first kappa shape index (κ1) is 12.4. The summed E-state index contributed by atoms with van der Waals surface area (Å²) in [5.74, 6) is 0.880. The molecule has 2 rings (SSSR count). The Labute approximate surface area is 103 Å². The van der Waals surface area contributed by atoms with Crippen molar-refractivity contribution in [3.63, 3.8) is 0 Å². The van der Waals surface area contributed by atoms with Gasteiger partial charge in [0.25, 0.3) is 0 Å². The Bertz CT molecular complexity index is 372. The van der Waals surface area contributed by atoms with E-state index in [0.29, 0.717) is 6.04 Å². The minimum absolute atomic E-state index is 0.0579. The molecule has 0 bridgehead atoms. The molecule has 3 heteroatoms. The van der Waals surface area contributed by atoms with E-state index in [1.807, 2.05) is 12.1 Å². The Morgan fingerprint density at radius 1 is 1.29 bits per heavy atom. The second kappa shape index (κ2) is 4.67. The van der Waals surface area contributed by atoms with Crippen LogP contribution in [-0.2, 0) is 4.74 Å². The van der Waals surface area contributed by atoms with Gasteiger partial charge in [-0.05, 0) is 38.5 Å². The zero-order valence-electron chi connectivity index (χ0n) is 11.0. The van der Waals surface area contributed by atoms with Crippen molar-refractivity contribution in [2.75, 3.05) is 13.7 Å². The van der Waals surface area contributed by atoms with Crippen molar-refractivity contribution in [1.29, 1.82) is 0 Å². The van der Waals surface area contributed by atoms with Gasteiger partial charge in [0.05, 0.1) is 19.8 Å². The molecule has 1 aliphatic heterocycles. The van der Waals surface area contributed by atoms with Crippen molar-refractivity contribution < 1.29 is 9.47 Å². The zero-order valence-corrected chi connectivity index (χ0v) is 11.0. The third kappa shape index (κ3) is 2.79. The lowest BCUT2D eigenvalue weighted by atomic mass is 9.96. The average Bonchev–Trinajstić information content (AvgIpc) is 2.28. The minimum atomic E-state index is 0.0579. The Morgan fingerprint density at radius 2 is 1.94 bits per heavy atom. The first-order valence-corrected chi connectivity index (χ1v) is 6.05. The normalized spacial score (nSPS) is 27.8. The van der Waals surface area contributed by atoms with Crippen LogP contribution in [0, 0.1) is 0 Å². The summed E-state index contributed by atoms with van der Waals surface area (Å²) in [5.41, 5.74) is 1.25. The molecule has 0 spiro atoms. The van der Waals surface area contributed by atoms with Gasteiger partial charge in [0.1, 0.15) is 5.75 Å². The van der Waals surface area contributed by atoms with Crippen molar-refractivity contribution >= 4 is 0 Å². The Morgan fingerprint density at radius 3 is 2.47 bits per heavy atom. The van der Waals surface area contributed by atoms with Gasteiger partial charge in [0, 0.05) is 11.6 Å². The Kier molecular flexibility index (Phi) is 3.40. The SMILES string of the molecule is COc1ccc(C2OCC(C)(C)NC2C)cc1. The maximum absolute atomic E-state index is 5.96. The lowest BCUT2D eigenvalue weighted by molar-refractivity contribution is -0.0495. The maximum atomic E-state index is 5.96. The van der Waals surface area contributed by atoms with E-state index < -0.39 is 0 Å². The van der Waals surface area contributed by atoms with Crippen molar-refractivity contribution in [1.82, 2.24) is 5.32 Å². The molecule has 0 amide bonds. The number of benzene rings is 1. The van der Waals surface area contributed by atoms with Crippen LogP contribution in [0.5, 0.6) is 5.75 Å². The first-order valence-electron chi connectivity index (χ1n) is 6.05.